The van der Waals surface area contributed by atoms with Crippen LogP contribution in [-0.2, 0) is 21.4 Å². The molecule has 0 aliphatic carbocycles. The molecule has 3 rings (SSSR count). The van der Waals surface area contributed by atoms with Gasteiger partial charge in [-0.3, -0.25) is 4.79 Å². The summed E-state index contributed by atoms with van der Waals surface area (Å²) < 4.78 is 18.8. The lowest BCUT2D eigenvalue weighted by molar-refractivity contribution is -0.121. The van der Waals surface area contributed by atoms with Gasteiger partial charge in [0, 0.05) is 31.6 Å². The van der Waals surface area contributed by atoms with E-state index in [-0.39, 0.29) is 22.9 Å². The van der Waals surface area contributed by atoms with Crippen LogP contribution in [0.1, 0.15) is 30.4 Å². The average molecular weight is 357 g/mol. The highest BCUT2D eigenvalue weighted by molar-refractivity contribution is 5.76. The van der Waals surface area contributed by atoms with Gasteiger partial charge in [0.2, 0.25) is 5.91 Å². The lowest BCUT2D eigenvalue weighted by Crippen LogP contribution is -2.44. The second kappa shape index (κ2) is 8.32. The number of phenolic OH excluding ortho intramolecular Hbond substituents is 1. The molecule has 0 radical (unpaired) electrons. The summed E-state index contributed by atoms with van der Waals surface area (Å²) >= 11 is 0. The summed E-state index contributed by atoms with van der Waals surface area (Å²) in [5.74, 6) is -0.101. The van der Waals surface area contributed by atoms with Crippen molar-refractivity contribution < 1.29 is 19.0 Å². The van der Waals surface area contributed by atoms with Crippen LogP contribution in [0.2, 0.25) is 0 Å². The van der Waals surface area contributed by atoms with E-state index in [2.05, 4.69) is 5.32 Å². The van der Waals surface area contributed by atoms with Gasteiger partial charge in [0.25, 0.3) is 0 Å². The predicted molar refractivity (Wildman–Crippen MR) is 97.6 cm³/mol. The fourth-order valence-electron chi connectivity index (χ4n) is 3.46. The Morgan fingerprint density at radius 2 is 1.81 bits per heavy atom. The maximum atomic E-state index is 13.3. The highest BCUT2D eigenvalue weighted by Gasteiger charge is 2.34. The molecule has 0 saturated carbocycles. The Bertz CT molecular complexity index is 739. The number of benzene rings is 2. The van der Waals surface area contributed by atoms with Crippen LogP contribution in [0, 0.1) is 5.82 Å². The molecule has 1 fully saturated rings. The summed E-state index contributed by atoms with van der Waals surface area (Å²) in [5, 5.41) is 12.8. The summed E-state index contributed by atoms with van der Waals surface area (Å²) in [4.78, 5) is 12.3. The van der Waals surface area contributed by atoms with Gasteiger partial charge in [-0.1, -0.05) is 30.3 Å². The number of phenols is 1. The molecule has 2 aromatic carbocycles. The van der Waals surface area contributed by atoms with Crippen LogP contribution in [0.5, 0.6) is 5.75 Å². The number of carbonyl (C=O) groups is 1. The van der Waals surface area contributed by atoms with Crippen molar-refractivity contribution in [3.8, 4) is 5.75 Å². The van der Waals surface area contributed by atoms with E-state index >= 15 is 0 Å². The number of para-hydroxylation sites is 1. The van der Waals surface area contributed by atoms with E-state index < -0.39 is 0 Å². The van der Waals surface area contributed by atoms with Crippen LogP contribution >= 0.6 is 0 Å². The first-order valence-electron chi connectivity index (χ1n) is 8.96. The lowest BCUT2D eigenvalue weighted by atomic mass is 9.74. The minimum atomic E-state index is -0.261. The monoisotopic (exact) mass is 357 g/mol. The van der Waals surface area contributed by atoms with Crippen molar-refractivity contribution in [2.75, 3.05) is 19.8 Å². The first-order chi connectivity index (χ1) is 12.6. The number of aryl methyl sites for hydroxylation is 1. The zero-order valence-electron chi connectivity index (χ0n) is 14.7. The topological polar surface area (TPSA) is 58.6 Å². The zero-order chi connectivity index (χ0) is 18.4. The lowest BCUT2D eigenvalue weighted by Gasteiger charge is -2.38. The van der Waals surface area contributed by atoms with Crippen molar-refractivity contribution in [1.29, 1.82) is 0 Å². The summed E-state index contributed by atoms with van der Waals surface area (Å²) in [6.45, 7) is 1.76. The molecule has 138 valence electrons. The number of aromatic hydroxyl groups is 1. The van der Waals surface area contributed by atoms with Gasteiger partial charge < -0.3 is 15.2 Å². The van der Waals surface area contributed by atoms with Crippen molar-refractivity contribution in [3.63, 3.8) is 0 Å². The average Bonchev–Trinajstić information content (AvgIpc) is 2.67. The van der Waals surface area contributed by atoms with Crippen molar-refractivity contribution in [1.82, 2.24) is 5.32 Å². The molecular formula is C21H24FNO3. The number of halogens is 1. The Balaban J connectivity index is 1.61. The fraction of sp³-hybridized carbons (Fsp3) is 0.381. The number of hydrogen-bond acceptors (Lipinski definition) is 3. The molecule has 0 spiro atoms. The summed E-state index contributed by atoms with van der Waals surface area (Å²) in [7, 11) is 0. The molecule has 1 aliphatic heterocycles. The molecule has 2 aromatic rings. The first kappa shape index (κ1) is 18.4. The Morgan fingerprint density at radius 1 is 1.12 bits per heavy atom. The Hall–Kier alpha value is -2.40. The fourth-order valence-corrected chi connectivity index (χ4v) is 3.46. The number of carbonyl (C=O) groups excluding carboxylic acids is 1. The molecule has 4 nitrogen and oxygen atoms in total. The second-order valence-corrected chi connectivity index (χ2v) is 6.81. The Kier molecular flexibility index (Phi) is 5.89. The predicted octanol–water partition coefficient (Wildman–Crippen LogP) is 3.33. The van der Waals surface area contributed by atoms with Crippen LogP contribution in [-0.4, -0.2) is 30.8 Å². The maximum Gasteiger partial charge on any atom is 0.220 e. The highest BCUT2D eigenvalue weighted by atomic mass is 19.1. The van der Waals surface area contributed by atoms with Crippen molar-refractivity contribution >= 4 is 5.91 Å². The van der Waals surface area contributed by atoms with E-state index in [9.17, 15) is 14.3 Å². The number of nitrogens with one attached hydrogen (secondary N) is 1. The molecule has 5 heteroatoms. The number of rotatable bonds is 6. The molecule has 26 heavy (non-hydrogen) atoms. The van der Waals surface area contributed by atoms with Gasteiger partial charge in [0.15, 0.2) is 0 Å². The molecule has 0 atom stereocenters. The highest BCUT2D eigenvalue weighted by Crippen LogP contribution is 2.34. The van der Waals surface area contributed by atoms with E-state index in [0.717, 1.165) is 24.0 Å². The molecule has 0 aromatic heterocycles. The van der Waals surface area contributed by atoms with Gasteiger partial charge in [-0.25, -0.2) is 4.39 Å². The third-order valence-electron chi connectivity index (χ3n) is 5.14. The second-order valence-electron chi connectivity index (χ2n) is 6.81. The van der Waals surface area contributed by atoms with E-state index in [1.165, 1.54) is 12.1 Å². The summed E-state index contributed by atoms with van der Waals surface area (Å²) in [6, 6.07) is 13.6. The van der Waals surface area contributed by atoms with Gasteiger partial charge in [-0.15, -0.1) is 0 Å². The maximum absolute atomic E-state index is 13.3. The normalized spacial score (nSPS) is 16.2. The third kappa shape index (κ3) is 4.41. The Morgan fingerprint density at radius 3 is 2.50 bits per heavy atom. The minimum Gasteiger partial charge on any atom is -0.508 e. The minimum absolute atomic E-state index is 0.0544. The van der Waals surface area contributed by atoms with Gasteiger partial charge in [0.1, 0.15) is 11.6 Å². The molecule has 0 unspecified atom stereocenters. The molecule has 0 bridgehead atoms. The van der Waals surface area contributed by atoms with Crippen molar-refractivity contribution in [3.05, 3.63) is 65.5 Å². The third-order valence-corrected chi connectivity index (χ3v) is 5.14. The van der Waals surface area contributed by atoms with E-state index in [4.69, 9.17) is 4.74 Å². The number of hydrogen-bond donors (Lipinski definition) is 2. The van der Waals surface area contributed by atoms with Gasteiger partial charge in [-0.05, 0) is 48.6 Å². The SMILES string of the molecule is O=C(CCc1ccccc1O)NCC1(c2ccc(F)cc2)CCOCC1. The molecule has 2 N–H and O–H groups in total. The van der Waals surface area contributed by atoms with E-state index in [0.29, 0.717) is 32.6 Å². The number of amides is 1. The first-order valence-corrected chi connectivity index (χ1v) is 8.96. The van der Waals surface area contributed by atoms with Crippen LogP contribution < -0.4 is 5.32 Å². The molecule has 1 aliphatic rings. The quantitative estimate of drug-likeness (QED) is 0.834. The standard InChI is InChI=1S/C21H24FNO3/c22-18-8-6-17(7-9-18)21(11-13-26-14-12-21)15-23-20(25)10-5-16-3-1-2-4-19(16)24/h1-4,6-9,24H,5,10-15H2,(H,23,25). The van der Waals surface area contributed by atoms with Crippen LogP contribution in [0.15, 0.2) is 48.5 Å². The van der Waals surface area contributed by atoms with Crippen molar-refractivity contribution in [2.24, 2.45) is 0 Å². The zero-order valence-corrected chi connectivity index (χ0v) is 14.7. The molecular weight excluding hydrogens is 333 g/mol. The van der Waals surface area contributed by atoms with E-state index in [1.807, 2.05) is 12.1 Å². The summed E-state index contributed by atoms with van der Waals surface area (Å²) in [6.07, 6.45) is 2.38. The smallest absolute Gasteiger partial charge is 0.220 e. The summed E-state index contributed by atoms with van der Waals surface area (Å²) in [5.41, 5.74) is 1.57. The van der Waals surface area contributed by atoms with Gasteiger partial charge in [-0.2, -0.15) is 0 Å². The number of ether oxygens (including phenoxy) is 1. The Labute approximate surface area is 153 Å². The van der Waals surface area contributed by atoms with Crippen LogP contribution in [0.3, 0.4) is 0 Å². The molecule has 1 amide bonds. The van der Waals surface area contributed by atoms with Crippen molar-refractivity contribution in [2.45, 2.75) is 31.1 Å². The van der Waals surface area contributed by atoms with Gasteiger partial charge >= 0.3 is 0 Å². The van der Waals surface area contributed by atoms with E-state index in [1.54, 1.807) is 24.3 Å². The molecule has 1 heterocycles. The van der Waals surface area contributed by atoms with Crippen LogP contribution in [0.4, 0.5) is 4.39 Å². The van der Waals surface area contributed by atoms with Gasteiger partial charge in [0.05, 0.1) is 0 Å². The largest absolute Gasteiger partial charge is 0.508 e. The molecule has 1 saturated heterocycles. The van der Waals surface area contributed by atoms with Crippen LogP contribution in [0.25, 0.3) is 0 Å².